The van der Waals surface area contributed by atoms with E-state index in [9.17, 15) is 5.11 Å². The second-order valence-corrected chi connectivity index (χ2v) is 4.74. The Kier molecular flexibility index (Phi) is 4.50. The number of halogens is 2. The smallest absolute Gasteiger partial charge is 0.0963 e. The fourth-order valence-electron chi connectivity index (χ4n) is 1.14. The summed E-state index contributed by atoms with van der Waals surface area (Å²) in [5, 5.41) is 9.94. The lowest BCUT2D eigenvalue weighted by Crippen LogP contribution is -2.27. The van der Waals surface area contributed by atoms with Crippen LogP contribution in [0, 0.1) is 0 Å². The molecule has 0 amide bonds. The van der Waals surface area contributed by atoms with Gasteiger partial charge in [0.15, 0.2) is 0 Å². The zero-order valence-electron chi connectivity index (χ0n) is 7.74. The maximum atomic E-state index is 9.94. The van der Waals surface area contributed by atoms with Crippen LogP contribution in [0.1, 0.15) is 25.0 Å². The van der Waals surface area contributed by atoms with E-state index in [1.54, 1.807) is 12.4 Å². The first-order chi connectivity index (χ1) is 6.57. The van der Waals surface area contributed by atoms with Gasteiger partial charge in [-0.3, -0.25) is 4.98 Å². The van der Waals surface area contributed by atoms with Crippen LogP contribution in [0.4, 0.5) is 0 Å². The number of rotatable bonds is 3. The predicted octanol–water partition coefficient (Wildman–Crippen LogP) is 2.38. The van der Waals surface area contributed by atoms with Crippen molar-refractivity contribution in [2.45, 2.75) is 25.5 Å². The Morgan fingerprint density at radius 3 is 2.36 bits per heavy atom. The highest BCUT2D eigenvalue weighted by Crippen LogP contribution is 2.31. The Labute approximate surface area is 100.0 Å². The van der Waals surface area contributed by atoms with Gasteiger partial charge in [-0.05, 0) is 38.3 Å². The standard InChI is InChI=1S/C9H12Br2N2O/c1-2-7(12)9(14)8-5(10)3-13-4-6(8)11/h3-4,7,9,14H,2,12H2,1H3. The van der Waals surface area contributed by atoms with Crippen molar-refractivity contribution in [1.82, 2.24) is 4.98 Å². The number of hydrogen-bond donors (Lipinski definition) is 2. The molecule has 3 N–H and O–H groups in total. The van der Waals surface area contributed by atoms with E-state index >= 15 is 0 Å². The van der Waals surface area contributed by atoms with Gasteiger partial charge in [0.25, 0.3) is 0 Å². The molecule has 0 saturated heterocycles. The highest BCUT2D eigenvalue weighted by atomic mass is 79.9. The van der Waals surface area contributed by atoms with Crippen LogP contribution < -0.4 is 5.73 Å². The summed E-state index contributed by atoms with van der Waals surface area (Å²) in [6, 6.07) is -0.259. The van der Waals surface area contributed by atoms with E-state index < -0.39 is 6.10 Å². The van der Waals surface area contributed by atoms with Crippen LogP contribution in [0.3, 0.4) is 0 Å². The molecule has 5 heteroatoms. The first-order valence-corrected chi connectivity index (χ1v) is 5.89. The molecule has 2 unspecified atom stereocenters. The minimum atomic E-state index is -0.674. The van der Waals surface area contributed by atoms with Gasteiger partial charge in [-0.15, -0.1) is 0 Å². The minimum Gasteiger partial charge on any atom is -0.387 e. The lowest BCUT2D eigenvalue weighted by molar-refractivity contribution is 0.143. The molecule has 0 aliphatic carbocycles. The lowest BCUT2D eigenvalue weighted by Gasteiger charge is -2.19. The molecule has 1 aromatic heterocycles. The monoisotopic (exact) mass is 322 g/mol. The average Bonchev–Trinajstić information content (AvgIpc) is 2.16. The number of hydrogen-bond acceptors (Lipinski definition) is 3. The number of nitrogens with zero attached hydrogens (tertiary/aromatic N) is 1. The topological polar surface area (TPSA) is 59.1 Å². The molecule has 0 aromatic carbocycles. The highest BCUT2D eigenvalue weighted by molar-refractivity contribution is 9.11. The first kappa shape index (κ1) is 12.1. The molecule has 2 atom stereocenters. The summed E-state index contributed by atoms with van der Waals surface area (Å²) in [5.74, 6) is 0. The average molecular weight is 324 g/mol. The third-order valence-electron chi connectivity index (χ3n) is 2.06. The zero-order chi connectivity index (χ0) is 10.7. The molecular weight excluding hydrogens is 312 g/mol. The number of aliphatic hydroxyl groups is 1. The summed E-state index contributed by atoms with van der Waals surface area (Å²) in [7, 11) is 0. The van der Waals surface area contributed by atoms with Crippen LogP contribution in [-0.2, 0) is 0 Å². The van der Waals surface area contributed by atoms with E-state index in [0.717, 1.165) is 20.9 Å². The van der Waals surface area contributed by atoms with Gasteiger partial charge in [0.05, 0.1) is 6.10 Å². The van der Waals surface area contributed by atoms with Gasteiger partial charge >= 0.3 is 0 Å². The normalized spacial score (nSPS) is 15.2. The van der Waals surface area contributed by atoms with E-state index in [0.29, 0.717) is 0 Å². The van der Waals surface area contributed by atoms with Crippen LogP contribution in [0.15, 0.2) is 21.3 Å². The van der Waals surface area contributed by atoms with E-state index in [-0.39, 0.29) is 6.04 Å². The summed E-state index contributed by atoms with van der Waals surface area (Å²) < 4.78 is 1.53. The molecule has 0 aliphatic heterocycles. The van der Waals surface area contributed by atoms with Crippen LogP contribution in [-0.4, -0.2) is 16.1 Å². The summed E-state index contributed by atoms with van der Waals surface area (Å²) in [4.78, 5) is 3.97. The molecule has 0 radical (unpaired) electrons. The Hall–Kier alpha value is 0.0300. The molecule has 0 bridgehead atoms. The molecule has 14 heavy (non-hydrogen) atoms. The van der Waals surface area contributed by atoms with Gasteiger partial charge in [0, 0.05) is 32.9 Å². The summed E-state index contributed by atoms with van der Waals surface area (Å²) >= 11 is 6.67. The number of aromatic nitrogens is 1. The number of aliphatic hydroxyl groups excluding tert-OH is 1. The van der Waals surface area contributed by atoms with Crippen LogP contribution >= 0.6 is 31.9 Å². The Morgan fingerprint density at radius 1 is 1.43 bits per heavy atom. The molecule has 3 nitrogen and oxygen atoms in total. The van der Waals surface area contributed by atoms with E-state index in [4.69, 9.17) is 5.73 Å². The van der Waals surface area contributed by atoms with Crippen molar-refractivity contribution in [3.05, 3.63) is 26.9 Å². The lowest BCUT2D eigenvalue weighted by atomic mass is 10.0. The van der Waals surface area contributed by atoms with Crippen molar-refractivity contribution in [1.29, 1.82) is 0 Å². The third kappa shape index (κ3) is 2.53. The molecule has 0 fully saturated rings. The molecule has 1 rings (SSSR count). The zero-order valence-corrected chi connectivity index (χ0v) is 10.9. The van der Waals surface area contributed by atoms with Gasteiger partial charge in [-0.2, -0.15) is 0 Å². The molecular formula is C9H12Br2N2O. The summed E-state index contributed by atoms with van der Waals surface area (Å²) in [6.07, 6.45) is 3.34. The van der Waals surface area contributed by atoms with Crippen molar-refractivity contribution in [2.24, 2.45) is 5.73 Å². The van der Waals surface area contributed by atoms with Crippen molar-refractivity contribution >= 4 is 31.9 Å². The Morgan fingerprint density at radius 2 is 1.93 bits per heavy atom. The molecule has 0 saturated carbocycles. The largest absolute Gasteiger partial charge is 0.387 e. The van der Waals surface area contributed by atoms with Crippen LogP contribution in [0.5, 0.6) is 0 Å². The quantitative estimate of drug-likeness (QED) is 0.897. The van der Waals surface area contributed by atoms with E-state index in [1.807, 2.05) is 6.92 Å². The van der Waals surface area contributed by atoms with Gasteiger partial charge in [-0.1, -0.05) is 6.92 Å². The van der Waals surface area contributed by atoms with Crippen molar-refractivity contribution in [3.8, 4) is 0 Å². The van der Waals surface area contributed by atoms with E-state index in [2.05, 4.69) is 36.8 Å². The van der Waals surface area contributed by atoms with Crippen molar-refractivity contribution < 1.29 is 5.11 Å². The van der Waals surface area contributed by atoms with Gasteiger partial charge in [0.1, 0.15) is 0 Å². The predicted molar refractivity (Wildman–Crippen MR) is 62.9 cm³/mol. The fourth-order valence-corrected chi connectivity index (χ4v) is 2.54. The summed E-state index contributed by atoms with van der Waals surface area (Å²) in [5.41, 5.74) is 6.53. The first-order valence-electron chi connectivity index (χ1n) is 4.30. The van der Waals surface area contributed by atoms with Gasteiger partial charge < -0.3 is 10.8 Å². The summed E-state index contributed by atoms with van der Waals surface area (Å²) in [6.45, 7) is 1.94. The second kappa shape index (κ2) is 5.21. The molecule has 1 heterocycles. The Balaban J connectivity index is 3.05. The van der Waals surface area contributed by atoms with Crippen molar-refractivity contribution in [3.63, 3.8) is 0 Å². The van der Waals surface area contributed by atoms with Crippen molar-refractivity contribution in [2.75, 3.05) is 0 Å². The van der Waals surface area contributed by atoms with E-state index in [1.165, 1.54) is 0 Å². The SMILES string of the molecule is CCC(N)C(O)c1c(Br)cncc1Br. The molecule has 0 aliphatic rings. The van der Waals surface area contributed by atoms with Gasteiger partial charge in [0.2, 0.25) is 0 Å². The fraction of sp³-hybridized carbons (Fsp3) is 0.444. The number of pyridine rings is 1. The maximum absolute atomic E-state index is 9.94. The molecule has 1 aromatic rings. The van der Waals surface area contributed by atoms with Crippen LogP contribution in [0.2, 0.25) is 0 Å². The van der Waals surface area contributed by atoms with Crippen LogP contribution in [0.25, 0.3) is 0 Å². The molecule has 0 spiro atoms. The maximum Gasteiger partial charge on any atom is 0.0963 e. The second-order valence-electron chi connectivity index (χ2n) is 3.03. The minimum absolute atomic E-state index is 0.259. The molecule has 78 valence electrons. The number of nitrogens with two attached hydrogens (primary N) is 1. The Bertz CT molecular complexity index is 299. The highest BCUT2D eigenvalue weighted by Gasteiger charge is 2.20. The van der Waals surface area contributed by atoms with Gasteiger partial charge in [-0.25, -0.2) is 0 Å². The third-order valence-corrected chi connectivity index (χ3v) is 3.33.